The van der Waals surface area contributed by atoms with Crippen molar-refractivity contribution < 1.29 is 0 Å². The molecule has 0 aliphatic carbocycles. The molecule has 3 aromatic rings. The maximum absolute atomic E-state index is 6.25. The van der Waals surface area contributed by atoms with Crippen molar-refractivity contribution in [1.82, 2.24) is 9.97 Å². The summed E-state index contributed by atoms with van der Waals surface area (Å²) in [5.74, 6) is 0.962. The molecular weight excluding hydrogens is 268 g/mol. The summed E-state index contributed by atoms with van der Waals surface area (Å²) < 4.78 is 0. The number of imidazole rings is 1. The number of aromatic amines is 1. The topological polar surface area (TPSA) is 28.7 Å². The lowest BCUT2D eigenvalue weighted by Crippen LogP contribution is -1.90. The van der Waals surface area contributed by atoms with Crippen molar-refractivity contribution in [1.29, 1.82) is 0 Å². The number of aromatic nitrogens is 2. The molecule has 1 aromatic heterocycles. The molecule has 0 saturated carbocycles. The van der Waals surface area contributed by atoms with E-state index in [2.05, 4.69) is 17.1 Å². The molecule has 3 rings (SSSR count). The maximum Gasteiger partial charge on any atom is 0.111 e. The predicted molar refractivity (Wildman–Crippen MR) is 83.0 cm³/mol. The van der Waals surface area contributed by atoms with Crippen molar-refractivity contribution in [2.24, 2.45) is 0 Å². The number of nitrogens with one attached hydrogen (secondary N) is 1. The third-order valence-electron chi connectivity index (χ3n) is 3.28. The van der Waals surface area contributed by atoms with Crippen molar-refractivity contribution >= 4 is 11.6 Å². The Morgan fingerprint density at radius 1 is 1.00 bits per heavy atom. The molecule has 1 heterocycles. The van der Waals surface area contributed by atoms with Crippen LogP contribution in [0, 0.1) is 6.92 Å². The van der Waals surface area contributed by atoms with Gasteiger partial charge in [-0.2, -0.15) is 0 Å². The average molecular weight is 283 g/mol. The first-order valence-electron chi connectivity index (χ1n) is 6.58. The molecular formula is C17H15ClN2. The predicted octanol–water partition coefficient (Wildman–Crippen LogP) is 4.63. The van der Waals surface area contributed by atoms with Crippen molar-refractivity contribution in [3.8, 4) is 11.3 Å². The number of hydrogen-bond acceptors (Lipinski definition) is 1. The highest BCUT2D eigenvalue weighted by atomic mass is 35.5. The summed E-state index contributed by atoms with van der Waals surface area (Å²) >= 11 is 6.25. The first-order valence-corrected chi connectivity index (χ1v) is 6.96. The van der Waals surface area contributed by atoms with Crippen LogP contribution in [0.1, 0.15) is 17.1 Å². The van der Waals surface area contributed by atoms with Gasteiger partial charge >= 0.3 is 0 Å². The molecule has 3 heteroatoms. The van der Waals surface area contributed by atoms with Gasteiger partial charge in [-0.25, -0.2) is 4.98 Å². The number of H-pyrrole nitrogens is 1. The Kier molecular flexibility index (Phi) is 3.57. The molecule has 20 heavy (non-hydrogen) atoms. The monoisotopic (exact) mass is 282 g/mol. The number of aryl methyl sites for hydroxylation is 1. The molecule has 2 nitrogen and oxygen atoms in total. The summed E-state index contributed by atoms with van der Waals surface area (Å²) in [5, 5.41) is 0.730. The van der Waals surface area contributed by atoms with Gasteiger partial charge in [0.15, 0.2) is 0 Å². The first kappa shape index (κ1) is 12.9. The molecule has 0 fully saturated rings. The molecule has 0 radical (unpaired) electrons. The van der Waals surface area contributed by atoms with Crippen molar-refractivity contribution in [2.75, 3.05) is 0 Å². The molecule has 2 aromatic carbocycles. The van der Waals surface area contributed by atoms with Gasteiger partial charge in [-0.1, -0.05) is 60.1 Å². The van der Waals surface area contributed by atoms with E-state index >= 15 is 0 Å². The lowest BCUT2D eigenvalue weighted by atomic mass is 10.1. The van der Waals surface area contributed by atoms with Crippen molar-refractivity contribution in [2.45, 2.75) is 13.3 Å². The third-order valence-corrected chi connectivity index (χ3v) is 3.61. The van der Waals surface area contributed by atoms with Crippen LogP contribution in [-0.2, 0) is 6.42 Å². The van der Waals surface area contributed by atoms with Crippen LogP contribution >= 0.6 is 11.6 Å². The summed E-state index contributed by atoms with van der Waals surface area (Å²) in [6.45, 7) is 2.03. The van der Waals surface area contributed by atoms with E-state index in [1.54, 1.807) is 0 Å². The van der Waals surface area contributed by atoms with Crippen molar-refractivity contribution in [3.63, 3.8) is 0 Å². The number of benzene rings is 2. The fourth-order valence-electron chi connectivity index (χ4n) is 2.31. The standard InChI is InChI=1S/C17H15ClN2/c1-12-17(14-9-5-6-10-15(14)18)20-16(19-12)11-13-7-3-2-4-8-13/h2-10H,11H2,1H3,(H,19,20). The third kappa shape index (κ3) is 2.61. The minimum absolute atomic E-state index is 0.730. The molecule has 0 saturated heterocycles. The highest BCUT2D eigenvalue weighted by Crippen LogP contribution is 2.28. The van der Waals surface area contributed by atoms with Gasteiger partial charge in [0.1, 0.15) is 5.82 Å². The van der Waals surface area contributed by atoms with Gasteiger partial charge in [-0.3, -0.25) is 0 Å². The van der Waals surface area contributed by atoms with E-state index in [0.717, 1.165) is 34.2 Å². The fourth-order valence-corrected chi connectivity index (χ4v) is 2.54. The number of rotatable bonds is 3. The molecule has 0 aliphatic rings. The van der Waals surface area contributed by atoms with Crippen molar-refractivity contribution in [3.05, 3.63) is 76.7 Å². The summed E-state index contributed by atoms with van der Waals surface area (Å²) in [6, 6.07) is 18.1. The zero-order chi connectivity index (χ0) is 13.9. The molecule has 0 spiro atoms. The Morgan fingerprint density at radius 3 is 2.45 bits per heavy atom. The molecule has 0 bridgehead atoms. The zero-order valence-electron chi connectivity index (χ0n) is 11.2. The molecule has 1 N–H and O–H groups in total. The largest absolute Gasteiger partial charge is 0.345 e. The first-order chi connectivity index (χ1) is 9.74. The van der Waals surface area contributed by atoms with Gasteiger partial charge in [0.2, 0.25) is 0 Å². The van der Waals surface area contributed by atoms with E-state index in [4.69, 9.17) is 16.6 Å². The highest BCUT2D eigenvalue weighted by Gasteiger charge is 2.11. The van der Waals surface area contributed by atoms with E-state index in [0.29, 0.717) is 0 Å². The van der Waals surface area contributed by atoms with Crippen LogP contribution < -0.4 is 0 Å². The van der Waals surface area contributed by atoms with E-state index in [1.165, 1.54) is 5.56 Å². The zero-order valence-corrected chi connectivity index (χ0v) is 12.0. The number of halogens is 1. The fraction of sp³-hybridized carbons (Fsp3) is 0.118. The van der Waals surface area contributed by atoms with Crippen LogP contribution in [0.4, 0.5) is 0 Å². The Morgan fingerprint density at radius 2 is 1.70 bits per heavy atom. The SMILES string of the molecule is Cc1[nH]c(Cc2ccccc2)nc1-c1ccccc1Cl. The smallest absolute Gasteiger partial charge is 0.111 e. The molecule has 0 unspecified atom stereocenters. The van der Waals surface area contributed by atoms with Crippen LogP contribution in [0.3, 0.4) is 0 Å². The Hall–Kier alpha value is -2.06. The molecule has 0 aliphatic heterocycles. The number of hydrogen-bond donors (Lipinski definition) is 1. The second-order valence-corrected chi connectivity index (χ2v) is 5.21. The summed E-state index contributed by atoms with van der Waals surface area (Å²) in [5.41, 5.74) is 4.19. The van der Waals surface area contributed by atoms with Gasteiger partial charge in [-0.15, -0.1) is 0 Å². The van der Waals surface area contributed by atoms with Crippen LogP contribution in [0.25, 0.3) is 11.3 Å². The number of nitrogens with zero attached hydrogens (tertiary/aromatic N) is 1. The molecule has 0 atom stereocenters. The van der Waals surface area contributed by atoms with E-state index in [-0.39, 0.29) is 0 Å². The van der Waals surface area contributed by atoms with E-state index in [1.807, 2.05) is 49.4 Å². The highest BCUT2D eigenvalue weighted by molar-refractivity contribution is 6.33. The maximum atomic E-state index is 6.25. The molecule has 100 valence electrons. The summed E-state index contributed by atoms with van der Waals surface area (Å²) in [7, 11) is 0. The quantitative estimate of drug-likeness (QED) is 0.745. The van der Waals surface area contributed by atoms with Gasteiger partial charge in [0, 0.05) is 17.7 Å². The second-order valence-electron chi connectivity index (χ2n) is 4.80. The Labute approximate surface area is 123 Å². The minimum Gasteiger partial charge on any atom is -0.345 e. The van der Waals surface area contributed by atoms with Gasteiger partial charge in [0.05, 0.1) is 10.7 Å². The van der Waals surface area contributed by atoms with Crippen LogP contribution in [0.15, 0.2) is 54.6 Å². The van der Waals surface area contributed by atoms with E-state index < -0.39 is 0 Å². The van der Waals surface area contributed by atoms with Crippen LogP contribution in [0.2, 0.25) is 5.02 Å². The summed E-state index contributed by atoms with van der Waals surface area (Å²) in [6.07, 6.45) is 0.798. The van der Waals surface area contributed by atoms with Gasteiger partial charge in [0.25, 0.3) is 0 Å². The second kappa shape index (κ2) is 5.51. The molecule has 0 amide bonds. The minimum atomic E-state index is 0.730. The Balaban J connectivity index is 1.94. The average Bonchev–Trinajstić information content (AvgIpc) is 2.81. The van der Waals surface area contributed by atoms with Gasteiger partial charge in [-0.05, 0) is 18.6 Å². The van der Waals surface area contributed by atoms with Gasteiger partial charge < -0.3 is 4.98 Å². The van der Waals surface area contributed by atoms with Crippen LogP contribution in [0.5, 0.6) is 0 Å². The lowest BCUT2D eigenvalue weighted by molar-refractivity contribution is 1.02. The lowest BCUT2D eigenvalue weighted by Gasteiger charge is -2.00. The van der Waals surface area contributed by atoms with E-state index in [9.17, 15) is 0 Å². The van der Waals surface area contributed by atoms with Crippen LogP contribution in [-0.4, -0.2) is 9.97 Å². The summed E-state index contributed by atoms with van der Waals surface area (Å²) in [4.78, 5) is 8.05. The Bertz CT molecular complexity index is 717. The normalized spacial score (nSPS) is 10.7.